The van der Waals surface area contributed by atoms with E-state index < -0.39 is 21.7 Å². The molecular formula is C27H24Cl2N2O6S. The number of halogens is 2. The Bertz CT molecular complexity index is 1650. The molecule has 1 aliphatic heterocycles. The highest BCUT2D eigenvalue weighted by molar-refractivity contribution is 7.87. The minimum atomic E-state index is -4.33. The molecule has 38 heavy (non-hydrogen) atoms. The van der Waals surface area contributed by atoms with Gasteiger partial charge in [0.2, 0.25) is 0 Å². The van der Waals surface area contributed by atoms with Gasteiger partial charge in [0, 0.05) is 15.4 Å². The number of fused-ring (bicyclic) bond motifs is 1. The second-order valence-corrected chi connectivity index (χ2v) is 11.2. The summed E-state index contributed by atoms with van der Waals surface area (Å²) in [6.07, 6.45) is -0.342. The number of hydrogen-bond acceptors (Lipinski definition) is 7. The lowest BCUT2D eigenvalue weighted by molar-refractivity contribution is 0.115. The Morgan fingerprint density at radius 2 is 1.71 bits per heavy atom. The Kier molecular flexibility index (Phi) is 7.39. The lowest BCUT2D eigenvalue weighted by Crippen LogP contribution is -2.33. The molecule has 0 radical (unpaired) electrons. The van der Waals surface area contributed by atoms with Crippen molar-refractivity contribution in [3.05, 3.63) is 98.3 Å². The van der Waals surface area contributed by atoms with Gasteiger partial charge in [0.05, 0.1) is 37.4 Å². The highest BCUT2D eigenvalue weighted by Gasteiger charge is 2.33. The lowest BCUT2D eigenvalue weighted by Gasteiger charge is -2.21. The van der Waals surface area contributed by atoms with Gasteiger partial charge in [-0.05, 0) is 67.1 Å². The van der Waals surface area contributed by atoms with Crippen LogP contribution in [0.2, 0.25) is 10.0 Å². The summed E-state index contributed by atoms with van der Waals surface area (Å²) < 4.78 is 44.9. The van der Waals surface area contributed by atoms with Crippen LogP contribution in [0.3, 0.4) is 0 Å². The Morgan fingerprint density at radius 1 is 1.03 bits per heavy atom. The largest absolute Gasteiger partial charge is 0.497 e. The molecule has 11 heteroatoms. The molecule has 1 fully saturated rings. The number of benzene rings is 3. The summed E-state index contributed by atoms with van der Waals surface area (Å²) in [6.45, 7) is 2.18. The van der Waals surface area contributed by atoms with E-state index >= 15 is 0 Å². The Balaban J connectivity index is 1.73. The Labute approximate surface area is 229 Å². The highest BCUT2D eigenvalue weighted by Crippen LogP contribution is 2.37. The molecule has 8 nitrogen and oxygen atoms in total. The molecule has 1 aromatic heterocycles. The van der Waals surface area contributed by atoms with E-state index in [-0.39, 0.29) is 35.6 Å². The summed E-state index contributed by atoms with van der Waals surface area (Å²) in [5.74, 6) is 0.597. The fraction of sp³-hybridized carbons (Fsp3) is 0.222. The fourth-order valence-electron chi connectivity index (χ4n) is 4.44. The molecule has 3 aromatic carbocycles. The number of nitrogens with zero attached hydrogens (tertiary/aromatic N) is 1. The van der Waals surface area contributed by atoms with Gasteiger partial charge >= 0.3 is 10.1 Å². The van der Waals surface area contributed by atoms with Gasteiger partial charge < -0.3 is 18.2 Å². The number of hydrogen-bond donors (Lipinski definition) is 1. The molecule has 0 aliphatic carbocycles. The second-order valence-electron chi connectivity index (χ2n) is 8.83. The first kappa shape index (κ1) is 26.5. The molecule has 4 aromatic rings. The van der Waals surface area contributed by atoms with Crippen LogP contribution in [0.25, 0.3) is 10.9 Å². The molecule has 5 rings (SSSR count). The molecule has 198 valence electrons. The molecule has 0 bridgehead atoms. The van der Waals surface area contributed by atoms with Crippen molar-refractivity contribution in [2.75, 3.05) is 13.7 Å². The predicted molar refractivity (Wildman–Crippen MR) is 146 cm³/mol. The van der Waals surface area contributed by atoms with Crippen molar-refractivity contribution in [3.63, 3.8) is 0 Å². The molecule has 1 aliphatic rings. The number of methoxy groups -OCH3 is 1. The molecule has 0 spiro atoms. The van der Waals surface area contributed by atoms with E-state index in [1.165, 1.54) is 24.3 Å². The average Bonchev–Trinajstić information content (AvgIpc) is 3.32. The topological polar surface area (TPSA) is 95.9 Å². The summed E-state index contributed by atoms with van der Waals surface area (Å²) in [7, 11) is -2.75. The van der Waals surface area contributed by atoms with Gasteiger partial charge in [-0.2, -0.15) is 8.42 Å². The normalized spacial score (nSPS) is 17.6. The molecule has 0 saturated carbocycles. The van der Waals surface area contributed by atoms with Crippen LogP contribution in [0.4, 0.5) is 0 Å². The van der Waals surface area contributed by atoms with Crippen LogP contribution in [0, 0.1) is 0 Å². The minimum Gasteiger partial charge on any atom is -0.497 e. The lowest BCUT2D eigenvalue weighted by atomic mass is 10.0. The van der Waals surface area contributed by atoms with E-state index in [9.17, 15) is 13.2 Å². The number of pyridine rings is 1. The van der Waals surface area contributed by atoms with Crippen molar-refractivity contribution in [2.24, 2.45) is 0 Å². The molecule has 2 unspecified atom stereocenters. The SMILES string of the molecule is COc1ccc(Cn2c(=O)c(C3COC(C)N3)c(OS(=O)(=O)c3ccc(Cl)cc3)c3cc(Cl)ccc32)cc1. The van der Waals surface area contributed by atoms with Crippen LogP contribution in [0.5, 0.6) is 11.5 Å². The van der Waals surface area contributed by atoms with Gasteiger partial charge in [-0.15, -0.1) is 0 Å². The van der Waals surface area contributed by atoms with Crippen LogP contribution in [0.15, 0.2) is 76.4 Å². The fourth-order valence-corrected chi connectivity index (χ4v) is 5.70. The minimum absolute atomic E-state index is 0.0939. The van der Waals surface area contributed by atoms with E-state index in [2.05, 4.69) is 5.32 Å². The van der Waals surface area contributed by atoms with Crippen LogP contribution in [-0.4, -0.2) is 32.9 Å². The van der Waals surface area contributed by atoms with Gasteiger partial charge in [-0.1, -0.05) is 35.3 Å². The number of aromatic nitrogens is 1. The zero-order valence-corrected chi connectivity index (χ0v) is 22.8. The first-order valence-electron chi connectivity index (χ1n) is 11.7. The van der Waals surface area contributed by atoms with Crippen LogP contribution >= 0.6 is 23.2 Å². The maximum Gasteiger partial charge on any atom is 0.339 e. The van der Waals surface area contributed by atoms with Crippen molar-refractivity contribution < 1.29 is 22.1 Å². The molecule has 2 heterocycles. The third-order valence-electron chi connectivity index (χ3n) is 6.31. The first-order chi connectivity index (χ1) is 18.2. The van der Waals surface area contributed by atoms with Gasteiger partial charge in [0.15, 0.2) is 5.75 Å². The van der Waals surface area contributed by atoms with Crippen molar-refractivity contribution in [3.8, 4) is 11.5 Å². The summed E-state index contributed by atoms with van der Waals surface area (Å²) in [5, 5.41) is 4.30. The zero-order chi connectivity index (χ0) is 27.0. The smallest absolute Gasteiger partial charge is 0.339 e. The summed E-state index contributed by atoms with van der Waals surface area (Å²) in [5.41, 5.74) is 1.04. The van der Waals surface area contributed by atoms with E-state index in [0.717, 1.165) is 5.56 Å². The van der Waals surface area contributed by atoms with E-state index in [1.54, 1.807) is 36.8 Å². The Hall–Kier alpha value is -3.08. The van der Waals surface area contributed by atoms with Gasteiger partial charge in [0.1, 0.15) is 16.9 Å². The number of rotatable bonds is 7. The average molecular weight is 575 g/mol. The van der Waals surface area contributed by atoms with E-state index in [0.29, 0.717) is 26.7 Å². The number of ether oxygens (including phenoxy) is 2. The molecule has 2 atom stereocenters. The maximum absolute atomic E-state index is 14.1. The summed E-state index contributed by atoms with van der Waals surface area (Å²) in [4.78, 5) is 14.0. The van der Waals surface area contributed by atoms with Gasteiger partial charge in [-0.25, -0.2) is 0 Å². The van der Waals surface area contributed by atoms with E-state index in [4.69, 9.17) is 36.9 Å². The highest BCUT2D eigenvalue weighted by atomic mass is 35.5. The summed E-state index contributed by atoms with van der Waals surface area (Å²) in [6, 6.07) is 17.2. The third kappa shape index (κ3) is 5.25. The standard InChI is InChI=1S/C27H24Cl2N2O6S/c1-16-30-23(15-36-16)25-26(37-38(33,34)21-10-5-18(28)6-11-21)22-13-19(29)7-12-24(22)31(27(25)32)14-17-3-8-20(35-2)9-4-17/h3-13,16,23,30H,14-15H2,1-2H3. The van der Waals surface area contributed by atoms with Crippen LogP contribution in [-0.2, 0) is 21.4 Å². The van der Waals surface area contributed by atoms with Crippen molar-refractivity contribution >= 4 is 44.2 Å². The quantitative estimate of drug-likeness (QED) is 0.305. The van der Waals surface area contributed by atoms with Crippen molar-refractivity contribution in [1.82, 2.24) is 9.88 Å². The van der Waals surface area contributed by atoms with E-state index in [1.807, 2.05) is 24.3 Å². The Morgan fingerprint density at radius 3 is 2.34 bits per heavy atom. The van der Waals surface area contributed by atoms with Crippen LogP contribution in [0.1, 0.15) is 24.1 Å². The zero-order valence-electron chi connectivity index (χ0n) is 20.5. The third-order valence-corrected chi connectivity index (χ3v) is 8.03. The molecule has 1 saturated heterocycles. The molecular weight excluding hydrogens is 551 g/mol. The van der Waals surface area contributed by atoms with Gasteiger partial charge in [-0.3, -0.25) is 10.1 Å². The van der Waals surface area contributed by atoms with Gasteiger partial charge in [0.25, 0.3) is 5.56 Å². The van der Waals surface area contributed by atoms with Crippen LogP contribution < -0.4 is 19.8 Å². The first-order valence-corrected chi connectivity index (χ1v) is 13.9. The second kappa shape index (κ2) is 10.6. The molecule has 1 N–H and O–H groups in total. The molecule has 0 amide bonds. The number of nitrogens with one attached hydrogen (secondary N) is 1. The summed E-state index contributed by atoms with van der Waals surface area (Å²) >= 11 is 12.3. The maximum atomic E-state index is 14.1. The monoisotopic (exact) mass is 574 g/mol. The predicted octanol–water partition coefficient (Wildman–Crippen LogP) is 5.14. The van der Waals surface area contributed by atoms with Crippen molar-refractivity contribution in [1.29, 1.82) is 0 Å². The van der Waals surface area contributed by atoms with Crippen molar-refractivity contribution in [2.45, 2.75) is 30.6 Å².